The average Bonchev–Trinajstić information content (AvgIpc) is 1.86. The molecule has 1 rings (SSSR count). The molecule has 4 heteroatoms. The van der Waals surface area contributed by atoms with Crippen molar-refractivity contribution in [3.05, 3.63) is 0 Å². The molecular weight excluding hydrogens is 273 g/mol. The fraction of sp³-hybridized carbons (Fsp3) is 0.667. The number of rotatable bonds is 0. The summed E-state index contributed by atoms with van der Waals surface area (Å²) in [4.78, 5) is 0. The first kappa shape index (κ1) is 6.96. The standard InChI is InChI=1S/C3H6N3.Pt/c1-6-3-2-4-5-6;/h2H,3H2,1H3;/q+1;. The molecule has 0 atom stereocenters. The third-order valence-electron chi connectivity index (χ3n) is 0.632. The van der Waals surface area contributed by atoms with Crippen LogP contribution in [0.2, 0.25) is 0 Å². The Bertz CT molecular complexity index is 107. The second-order valence-electron chi connectivity index (χ2n) is 1.23. The second-order valence-corrected chi connectivity index (χ2v) is 1.23. The molecule has 0 spiro atoms. The number of nitrogens with zero attached hydrogens (tertiary/aromatic N) is 3. The first-order chi connectivity index (χ1) is 2.89. The predicted octanol–water partition coefficient (Wildman–Crippen LogP) is 0.0778. The van der Waals surface area contributed by atoms with Gasteiger partial charge < -0.3 is 0 Å². The van der Waals surface area contributed by atoms with Gasteiger partial charge in [0.25, 0.3) is 0 Å². The largest absolute Gasteiger partial charge is 0.188 e. The van der Waals surface area contributed by atoms with Crippen LogP contribution in [0.1, 0.15) is 0 Å². The minimum Gasteiger partial charge on any atom is -0.160 e. The number of hydrogen-bond acceptors (Lipinski definition) is 2. The molecule has 0 radical (unpaired) electrons. The molecule has 0 fully saturated rings. The van der Waals surface area contributed by atoms with Crippen molar-refractivity contribution in [2.24, 2.45) is 10.3 Å². The monoisotopic (exact) mass is 279 g/mol. The fourth-order valence-corrected chi connectivity index (χ4v) is 0.316. The number of hydrogen-bond donors (Lipinski definition) is 0. The van der Waals surface area contributed by atoms with Gasteiger partial charge in [-0.2, -0.15) is 4.70 Å². The summed E-state index contributed by atoms with van der Waals surface area (Å²) in [6.45, 7) is 0.861. The van der Waals surface area contributed by atoms with Gasteiger partial charge in [0.1, 0.15) is 5.22 Å². The Morgan fingerprint density at radius 2 is 2.43 bits per heavy atom. The summed E-state index contributed by atoms with van der Waals surface area (Å²) in [6, 6.07) is 0. The third-order valence-corrected chi connectivity index (χ3v) is 0.632. The molecule has 7 heavy (non-hydrogen) atoms. The van der Waals surface area contributed by atoms with E-state index in [-0.39, 0.29) is 21.1 Å². The van der Waals surface area contributed by atoms with Gasteiger partial charge in [0, 0.05) is 21.1 Å². The molecule has 0 amide bonds. The van der Waals surface area contributed by atoms with Crippen LogP contribution in [0, 0.1) is 0 Å². The zero-order chi connectivity index (χ0) is 4.41. The van der Waals surface area contributed by atoms with E-state index >= 15 is 0 Å². The van der Waals surface area contributed by atoms with Crippen LogP contribution in [0.5, 0.6) is 0 Å². The smallest absolute Gasteiger partial charge is 0.160 e. The molecule has 0 aromatic carbocycles. The molecule has 0 unspecified atom stereocenters. The van der Waals surface area contributed by atoms with Crippen molar-refractivity contribution in [1.82, 2.24) is 0 Å². The van der Waals surface area contributed by atoms with Gasteiger partial charge in [-0.25, -0.2) is 0 Å². The summed E-state index contributed by atoms with van der Waals surface area (Å²) >= 11 is 0. The van der Waals surface area contributed by atoms with E-state index in [1.54, 1.807) is 10.9 Å². The zero-order valence-electron chi connectivity index (χ0n) is 3.94. The van der Waals surface area contributed by atoms with Crippen LogP contribution in [0.3, 0.4) is 0 Å². The van der Waals surface area contributed by atoms with E-state index in [4.69, 9.17) is 0 Å². The van der Waals surface area contributed by atoms with E-state index in [0.717, 1.165) is 6.54 Å². The maximum absolute atomic E-state index is 3.64. The molecule has 0 bridgehead atoms. The molecule has 1 aliphatic rings. The van der Waals surface area contributed by atoms with Gasteiger partial charge >= 0.3 is 0 Å². The topological polar surface area (TPSA) is 27.7 Å². The maximum atomic E-state index is 3.64. The summed E-state index contributed by atoms with van der Waals surface area (Å²) in [5.41, 5.74) is 0. The zero-order valence-corrected chi connectivity index (χ0v) is 6.21. The molecule has 3 nitrogen and oxygen atoms in total. The van der Waals surface area contributed by atoms with Crippen LogP contribution >= 0.6 is 0 Å². The first-order valence-electron chi connectivity index (χ1n) is 1.83. The van der Waals surface area contributed by atoms with Crippen molar-refractivity contribution in [2.45, 2.75) is 0 Å². The molecule has 42 valence electrons. The van der Waals surface area contributed by atoms with Gasteiger partial charge in [-0.3, -0.25) is 0 Å². The van der Waals surface area contributed by atoms with Crippen molar-refractivity contribution in [3.8, 4) is 0 Å². The Labute approximate surface area is 56.4 Å². The van der Waals surface area contributed by atoms with Crippen molar-refractivity contribution in [2.75, 3.05) is 13.6 Å². The SMILES string of the molecule is C[N+]1=NN=CC1.[Pt]. The quantitative estimate of drug-likeness (QED) is 0.562. The first-order valence-corrected chi connectivity index (χ1v) is 1.83. The van der Waals surface area contributed by atoms with E-state index in [1.165, 1.54) is 0 Å². The molecule has 0 aromatic heterocycles. The Morgan fingerprint density at radius 1 is 1.71 bits per heavy atom. The summed E-state index contributed by atoms with van der Waals surface area (Å²) < 4.78 is 1.76. The van der Waals surface area contributed by atoms with E-state index in [9.17, 15) is 0 Å². The molecule has 0 aromatic rings. The Hall–Kier alpha value is -0.0417. The van der Waals surface area contributed by atoms with Gasteiger partial charge in [0.15, 0.2) is 12.8 Å². The summed E-state index contributed by atoms with van der Waals surface area (Å²) in [5, 5.41) is 7.23. The van der Waals surface area contributed by atoms with Crippen LogP contribution in [0.4, 0.5) is 0 Å². The van der Waals surface area contributed by atoms with Crippen LogP contribution < -0.4 is 0 Å². The van der Waals surface area contributed by atoms with E-state index in [2.05, 4.69) is 10.3 Å². The van der Waals surface area contributed by atoms with Gasteiger partial charge in [-0.05, 0) is 0 Å². The molecule has 0 saturated carbocycles. The van der Waals surface area contributed by atoms with E-state index in [1.807, 2.05) is 7.05 Å². The fourth-order valence-electron chi connectivity index (χ4n) is 0.316. The van der Waals surface area contributed by atoms with Crippen LogP contribution in [0.25, 0.3) is 0 Å². The normalized spacial score (nSPS) is 15.9. The summed E-state index contributed by atoms with van der Waals surface area (Å²) in [5.74, 6) is 0. The van der Waals surface area contributed by atoms with Crippen LogP contribution in [-0.2, 0) is 21.1 Å². The van der Waals surface area contributed by atoms with E-state index < -0.39 is 0 Å². The van der Waals surface area contributed by atoms with Crippen molar-refractivity contribution in [1.29, 1.82) is 0 Å². The Kier molecular flexibility index (Phi) is 3.01. The van der Waals surface area contributed by atoms with Crippen molar-refractivity contribution in [3.63, 3.8) is 0 Å². The second kappa shape index (κ2) is 3.03. The maximum Gasteiger partial charge on any atom is 0.188 e. The minimum absolute atomic E-state index is 0. The Morgan fingerprint density at radius 3 is 2.57 bits per heavy atom. The molecule has 0 aliphatic carbocycles. The predicted molar refractivity (Wildman–Crippen MR) is 22.0 cm³/mol. The van der Waals surface area contributed by atoms with E-state index in [0.29, 0.717) is 0 Å². The van der Waals surface area contributed by atoms with Crippen molar-refractivity contribution >= 4 is 6.21 Å². The molecule has 0 N–H and O–H groups in total. The molecule has 0 saturated heterocycles. The van der Waals surface area contributed by atoms with Crippen LogP contribution in [-0.4, -0.2) is 24.5 Å². The summed E-state index contributed by atoms with van der Waals surface area (Å²) in [7, 11) is 1.88. The van der Waals surface area contributed by atoms with Crippen molar-refractivity contribution < 1.29 is 25.8 Å². The molecule has 1 heterocycles. The summed E-state index contributed by atoms with van der Waals surface area (Å²) in [6.07, 6.45) is 1.76. The Balaban J connectivity index is 0.000000360. The van der Waals surface area contributed by atoms with Gasteiger partial charge in [0.2, 0.25) is 0 Å². The van der Waals surface area contributed by atoms with Gasteiger partial charge in [-0.15, -0.1) is 0 Å². The van der Waals surface area contributed by atoms with Gasteiger partial charge in [-0.1, -0.05) is 0 Å². The average molecular weight is 279 g/mol. The minimum atomic E-state index is 0. The third kappa shape index (κ3) is 1.93. The van der Waals surface area contributed by atoms with Crippen LogP contribution in [0.15, 0.2) is 10.3 Å². The molecular formula is C3H6N3Pt+. The van der Waals surface area contributed by atoms with Gasteiger partial charge in [0.05, 0.1) is 12.1 Å². The molecule has 1 aliphatic heterocycles.